The Kier molecular flexibility index (Phi) is 9.53. The number of aromatic nitrogens is 2. The minimum Gasteiger partial charge on any atom is -0.512 e. The van der Waals surface area contributed by atoms with Gasteiger partial charge in [-0.25, -0.2) is 5.10 Å². The van der Waals surface area contributed by atoms with Crippen LogP contribution in [-0.4, -0.2) is 21.1 Å². The first-order valence-electron chi connectivity index (χ1n) is 12.7. The fraction of sp³-hybridized carbons (Fsp3) is 0.323. The molecule has 4 nitrogen and oxygen atoms in total. The molecule has 0 saturated heterocycles. The summed E-state index contributed by atoms with van der Waals surface area (Å²) in [7, 11) is 0. The van der Waals surface area contributed by atoms with Crippen molar-refractivity contribution >= 4 is 49.0 Å². The molecule has 0 bridgehead atoms. The topological polar surface area (TPSA) is 63.1 Å². The van der Waals surface area contributed by atoms with E-state index >= 15 is 0 Å². The predicted molar refractivity (Wildman–Crippen MR) is 146 cm³/mol. The average Bonchev–Trinajstić information content (AvgIpc) is 2.89. The summed E-state index contributed by atoms with van der Waals surface area (Å²) in [6, 6.07) is 20.2. The van der Waals surface area contributed by atoms with Crippen LogP contribution in [0.5, 0.6) is 0 Å². The first-order chi connectivity index (χ1) is 17.0. The van der Waals surface area contributed by atoms with Gasteiger partial charge in [-0.3, -0.25) is 4.79 Å². The molecule has 5 heteroatoms. The van der Waals surface area contributed by atoms with Gasteiger partial charge in [-0.1, -0.05) is 74.9 Å². The van der Waals surface area contributed by atoms with Crippen LogP contribution in [0.25, 0.3) is 43.2 Å². The standard InChI is InChI=1S/C18H9N2.C13H24O2.Ir/c1-4-11-5-2-9-15-16(11)13(7-1)14-8-3-6-12-10-19-20-18(15)17(12)14;1-5-10(6-2)12(14)9-13(15)11(7-3)8-4;/h1-8,10H;9-11,14H,5-8H2,1-4H3;/q-1;;/b;12-9-;. The monoisotopic (exact) mass is 658 g/mol. The van der Waals surface area contributed by atoms with Gasteiger partial charge in [0.15, 0.2) is 5.78 Å². The SMILES string of the molecule is CCC(CC)C(=O)/C=C(\O)C(CC)CC.[Ir].[c-]1ccc2cccc3c4cccc5cnnc(c1c23)c54. The number of hydrogen-bond donors (Lipinski definition) is 1. The number of aliphatic hydroxyl groups excluding tert-OH is 1. The first kappa shape index (κ1) is 27.7. The van der Waals surface area contributed by atoms with Crippen molar-refractivity contribution in [3.05, 3.63) is 72.6 Å². The van der Waals surface area contributed by atoms with Gasteiger partial charge < -0.3 is 5.11 Å². The third kappa shape index (κ3) is 5.28. The Morgan fingerprint density at radius 2 is 1.50 bits per heavy atom. The van der Waals surface area contributed by atoms with E-state index in [1.807, 2.05) is 40.0 Å². The molecule has 0 aliphatic heterocycles. The number of fused-ring (bicyclic) bond motifs is 2. The second kappa shape index (κ2) is 12.4. The van der Waals surface area contributed by atoms with Gasteiger partial charge in [0.2, 0.25) is 0 Å². The molecule has 1 heterocycles. The molecule has 5 aromatic rings. The fourth-order valence-electron chi connectivity index (χ4n) is 5.01. The van der Waals surface area contributed by atoms with Crippen LogP contribution in [-0.2, 0) is 24.9 Å². The van der Waals surface area contributed by atoms with E-state index in [2.05, 4.69) is 58.7 Å². The summed E-state index contributed by atoms with van der Waals surface area (Å²) in [6.45, 7) is 8.07. The summed E-state index contributed by atoms with van der Waals surface area (Å²) < 4.78 is 0. The van der Waals surface area contributed by atoms with Crippen LogP contribution < -0.4 is 0 Å². The molecule has 5 rings (SSSR count). The van der Waals surface area contributed by atoms with Gasteiger partial charge >= 0.3 is 0 Å². The molecule has 0 atom stereocenters. The Morgan fingerprint density at radius 1 is 0.889 bits per heavy atom. The third-order valence-electron chi connectivity index (χ3n) is 7.13. The molecule has 36 heavy (non-hydrogen) atoms. The zero-order valence-electron chi connectivity index (χ0n) is 21.3. The van der Waals surface area contributed by atoms with E-state index in [9.17, 15) is 9.90 Å². The van der Waals surface area contributed by atoms with Crippen LogP contribution in [0.1, 0.15) is 53.4 Å². The minimum absolute atomic E-state index is 0. The molecule has 1 aromatic heterocycles. The van der Waals surface area contributed by atoms with Crippen molar-refractivity contribution in [2.75, 3.05) is 0 Å². The van der Waals surface area contributed by atoms with E-state index in [4.69, 9.17) is 0 Å². The van der Waals surface area contributed by atoms with Crippen LogP contribution in [0.4, 0.5) is 0 Å². The summed E-state index contributed by atoms with van der Waals surface area (Å²) >= 11 is 0. The van der Waals surface area contributed by atoms with Crippen LogP contribution in [0.15, 0.2) is 66.6 Å². The Hall–Kier alpha value is -2.88. The van der Waals surface area contributed by atoms with E-state index in [1.54, 1.807) is 0 Å². The summed E-state index contributed by atoms with van der Waals surface area (Å²) in [5, 5.41) is 26.6. The first-order valence-corrected chi connectivity index (χ1v) is 12.7. The van der Waals surface area contributed by atoms with E-state index in [-0.39, 0.29) is 43.5 Å². The zero-order chi connectivity index (χ0) is 24.9. The number of allylic oxidation sites excluding steroid dienone is 2. The van der Waals surface area contributed by atoms with Gasteiger partial charge in [0.05, 0.1) is 12.0 Å². The van der Waals surface area contributed by atoms with Crippen molar-refractivity contribution in [2.45, 2.75) is 53.4 Å². The maximum absolute atomic E-state index is 11.7. The van der Waals surface area contributed by atoms with Crippen molar-refractivity contribution in [1.82, 2.24) is 10.2 Å². The van der Waals surface area contributed by atoms with Gasteiger partial charge in [0.25, 0.3) is 0 Å². The molecule has 189 valence electrons. The molecule has 0 fully saturated rings. The maximum atomic E-state index is 11.7. The van der Waals surface area contributed by atoms with E-state index in [0.717, 1.165) is 42.0 Å². The number of rotatable bonds is 7. The van der Waals surface area contributed by atoms with Gasteiger partial charge in [-0.2, -0.15) is 5.10 Å². The summed E-state index contributed by atoms with van der Waals surface area (Å²) in [5.41, 5.74) is 0.947. The van der Waals surface area contributed by atoms with Crippen molar-refractivity contribution in [1.29, 1.82) is 0 Å². The second-order valence-electron chi connectivity index (χ2n) is 9.08. The second-order valence-corrected chi connectivity index (χ2v) is 9.08. The molecular weight excluding hydrogens is 625 g/mol. The van der Waals surface area contributed by atoms with Crippen LogP contribution >= 0.6 is 0 Å². The normalized spacial score (nSPS) is 11.9. The van der Waals surface area contributed by atoms with Crippen molar-refractivity contribution < 1.29 is 30.0 Å². The number of carbonyl (C=O) groups excluding carboxylic acids is 1. The average molecular weight is 658 g/mol. The Morgan fingerprint density at radius 3 is 2.14 bits per heavy atom. The summed E-state index contributed by atoms with van der Waals surface area (Å²) in [6.07, 6.45) is 6.74. The van der Waals surface area contributed by atoms with E-state index < -0.39 is 0 Å². The van der Waals surface area contributed by atoms with Gasteiger partial charge in [-0.05, 0) is 41.8 Å². The fourth-order valence-corrected chi connectivity index (χ4v) is 5.01. The van der Waals surface area contributed by atoms with Crippen molar-refractivity contribution in [3.63, 3.8) is 0 Å². The molecular formula is C31H33IrN2O2-. The molecule has 0 unspecified atom stereocenters. The Labute approximate surface area is 226 Å². The molecule has 4 aromatic carbocycles. The number of carbonyl (C=O) groups is 1. The molecule has 1 radical (unpaired) electrons. The Bertz CT molecular complexity index is 1320. The third-order valence-corrected chi connectivity index (χ3v) is 7.13. The molecule has 0 saturated carbocycles. The van der Waals surface area contributed by atoms with E-state index in [1.165, 1.54) is 33.0 Å². The molecule has 0 spiro atoms. The van der Waals surface area contributed by atoms with Gasteiger partial charge in [0, 0.05) is 43.5 Å². The van der Waals surface area contributed by atoms with Gasteiger partial charge in [0.1, 0.15) is 0 Å². The largest absolute Gasteiger partial charge is 0.512 e. The quantitative estimate of drug-likeness (QED) is 0.0631. The van der Waals surface area contributed by atoms with Crippen molar-refractivity contribution in [3.8, 4) is 0 Å². The van der Waals surface area contributed by atoms with Crippen LogP contribution in [0.2, 0.25) is 0 Å². The smallest absolute Gasteiger partial charge is 0.162 e. The van der Waals surface area contributed by atoms with Crippen LogP contribution in [0, 0.1) is 17.9 Å². The van der Waals surface area contributed by atoms with Gasteiger partial charge in [-0.15, -0.1) is 29.0 Å². The molecule has 1 N–H and O–H groups in total. The molecule has 0 aliphatic rings. The summed E-state index contributed by atoms with van der Waals surface area (Å²) in [4.78, 5) is 11.7. The number of benzene rings is 4. The number of hydrogen-bond acceptors (Lipinski definition) is 4. The minimum atomic E-state index is 0. The maximum Gasteiger partial charge on any atom is 0.162 e. The Balaban J connectivity index is 0.000000206. The van der Waals surface area contributed by atoms with Crippen LogP contribution in [0.3, 0.4) is 0 Å². The molecule has 0 amide bonds. The van der Waals surface area contributed by atoms with E-state index in [0.29, 0.717) is 0 Å². The number of ketones is 1. The predicted octanol–water partition coefficient (Wildman–Crippen LogP) is 8.19. The number of aliphatic hydroxyl groups is 1. The summed E-state index contributed by atoms with van der Waals surface area (Å²) in [5.74, 6) is 0.547. The van der Waals surface area contributed by atoms with Crippen molar-refractivity contribution in [2.24, 2.45) is 11.8 Å². The number of nitrogens with zero attached hydrogens (tertiary/aromatic N) is 2. The zero-order valence-corrected chi connectivity index (χ0v) is 23.7. The molecule has 0 aliphatic carbocycles.